The Labute approximate surface area is 111 Å². The second kappa shape index (κ2) is 6.42. The maximum absolute atomic E-state index is 11.1. The molecule has 1 aromatic rings. The normalized spacial score (nSPS) is 11.1. The minimum absolute atomic E-state index is 0.0560. The van der Waals surface area contributed by atoms with Crippen LogP contribution in [-0.4, -0.2) is 44.7 Å². The van der Waals surface area contributed by atoms with Gasteiger partial charge in [-0.25, -0.2) is 13.2 Å². The van der Waals surface area contributed by atoms with E-state index in [2.05, 4.69) is 0 Å². The molecule has 0 fully saturated rings. The van der Waals surface area contributed by atoms with Crippen molar-refractivity contribution in [2.75, 3.05) is 25.2 Å². The van der Waals surface area contributed by atoms with Gasteiger partial charge >= 0.3 is 5.97 Å². The molecule has 6 nitrogen and oxygen atoms in total. The van der Waals surface area contributed by atoms with Crippen molar-refractivity contribution in [3.8, 4) is 11.5 Å². The van der Waals surface area contributed by atoms with Gasteiger partial charge in [-0.2, -0.15) is 0 Å². The molecule has 0 saturated heterocycles. The number of hydrogen-bond acceptors (Lipinski definition) is 5. The van der Waals surface area contributed by atoms with Crippen LogP contribution < -0.4 is 9.47 Å². The Hall–Kier alpha value is -1.76. The van der Waals surface area contributed by atoms with Crippen molar-refractivity contribution in [2.24, 2.45) is 0 Å². The minimum atomic E-state index is -3.17. The van der Waals surface area contributed by atoms with Crippen LogP contribution >= 0.6 is 0 Å². The van der Waals surface area contributed by atoms with Crippen molar-refractivity contribution in [3.05, 3.63) is 23.8 Å². The number of carbonyl (C=O) groups is 1. The molecule has 1 N–H and O–H groups in total. The van der Waals surface area contributed by atoms with E-state index in [0.29, 0.717) is 6.61 Å². The van der Waals surface area contributed by atoms with Crippen LogP contribution in [0, 0.1) is 0 Å². The first-order valence-corrected chi connectivity index (χ1v) is 7.71. The number of para-hydroxylation sites is 1. The van der Waals surface area contributed by atoms with Crippen LogP contribution in [0.3, 0.4) is 0 Å². The molecule has 0 aromatic heterocycles. The molecular formula is C12H16O6S. The first-order valence-electron chi connectivity index (χ1n) is 5.64. The van der Waals surface area contributed by atoms with Crippen LogP contribution in [0.5, 0.6) is 11.5 Å². The van der Waals surface area contributed by atoms with E-state index < -0.39 is 15.8 Å². The smallest absolute Gasteiger partial charge is 0.339 e. The number of carboxylic acid groups (broad SMARTS) is 1. The highest BCUT2D eigenvalue weighted by Crippen LogP contribution is 2.31. The molecule has 0 aliphatic carbocycles. The second-order valence-electron chi connectivity index (χ2n) is 3.85. The molecule has 0 unspecified atom stereocenters. The Morgan fingerprint density at radius 3 is 2.53 bits per heavy atom. The summed E-state index contributed by atoms with van der Waals surface area (Å²) in [5.41, 5.74) is -0.0561. The van der Waals surface area contributed by atoms with Crippen molar-refractivity contribution >= 4 is 15.8 Å². The standard InChI is InChI=1S/C12H16O6S/c1-3-17-10-6-4-5-9(12(13)14)11(10)18-7-8-19(2,15)16/h4-6H,3,7-8H2,1-2H3,(H,13,14). The van der Waals surface area contributed by atoms with Crippen molar-refractivity contribution in [2.45, 2.75) is 6.92 Å². The third-order valence-corrected chi connectivity index (χ3v) is 3.12. The molecule has 0 spiro atoms. The highest BCUT2D eigenvalue weighted by Gasteiger charge is 2.17. The van der Waals surface area contributed by atoms with Gasteiger partial charge < -0.3 is 14.6 Å². The fourth-order valence-corrected chi connectivity index (χ4v) is 1.78. The zero-order chi connectivity index (χ0) is 14.5. The van der Waals surface area contributed by atoms with E-state index in [4.69, 9.17) is 14.6 Å². The number of sulfone groups is 1. The molecule has 0 aliphatic heterocycles. The van der Waals surface area contributed by atoms with Gasteiger partial charge in [-0.05, 0) is 19.1 Å². The van der Waals surface area contributed by atoms with Crippen LogP contribution in [0.25, 0.3) is 0 Å². The molecule has 0 amide bonds. The summed E-state index contributed by atoms with van der Waals surface area (Å²) in [7, 11) is -3.17. The van der Waals surface area contributed by atoms with E-state index in [1.807, 2.05) is 0 Å². The molecule has 0 saturated carbocycles. The van der Waals surface area contributed by atoms with Gasteiger partial charge in [-0.3, -0.25) is 0 Å². The first-order chi connectivity index (χ1) is 8.85. The fraction of sp³-hybridized carbons (Fsp3) is 0.417. The summed E-state index contributed by atoms with van der Waals surface area (Å²) >= 11 is 0. The summed E-state index contributed by atoms with van der Waals surface area (Å²) in [5, 5.41) is 9.06. The maximum Gasteiger partial charge on any atom is 0.339 e. The van der Waals surface area contributed by atoms with Crippen molar-refractivity contribution in [1.82, 2.24) is 0 Å². The lowest BCUT2D eigenvalue weighted by molar-refractivity contribution is 0.0691. The summed E-state index contributed by atoms with van der Waals surface area (Å²) in [6.07, 6.45) is 1.09. The highest BCUT2D eigenvalue weighted by molar-refractivity contribution is 7.90. The molecule has 1 rings (SSSR count). The summed E-state index contributed by atoms with van der Waals surface area (Å²) in [4.78, 5) is 11.1. The van der Waals surface area contributed by atoms with E-state index in [0.717, 1.165) is 6.26 Å². The van der Waals surface area contributed by atoms with Gasteiger partial charge in [0.25, 0.3) is 0 Å². The Bertz CT molecular complexity index is 549. The lowest BCUT2D eigenvalue weighted by Crippen LogP contribution is -2.14. The number of carboxylic acids is 1. The molecule has 0 radical (unpaired) electrons. The van der Waals surface area contributed by atoms with Gasteiger partial charge in [0, 0.05) is 6.26 Å². The molecule has 0 aliphatic rings. The molecular weight excluding hydrogens is 272 g/mol. The largest absolute Gasteiger partial charge is 0.490 e. The fourth-order valence-electron chi connectivity index (χ4n) is 1.40. The molecule has 0 atom stereocenters. The van der Waals surface area contributed by atoms with Gasteiger partial charge in [0.1, 0.15) is 12.2 Å². The Balaban J connectivity index is 2.97. The summed E-state index contributed by atoms with van der Waals surface area (Å²) < 4.78 is 32.6. The van der Waals surface area contributed by atoms with E-state index in [-0.39, 0.29) is 29.4 Å². The topological polar surface area (TPSA) is 89.9 Å². The predicted molar refractivity (Wildman–Crippen MR) is 69.8 cm³/mol. The zero-order valence-corrected chi connectivity index (χ0v) is 11.6. The summed E-state index contributed by atoms with van der Waals surface area (Å²) in [6, 6.07) is 4.49. The quantitative estimate of drug-likeness (QED) is 0.811. The van der Waals surface area contributed by atoms with Gasteiger partial charge in [0.05, 0.1) is 12.4 Å². The predicted octanol–water partition coefficient (Wildman–Crippen LogP) is 1.21. The second-order valence-corrected chi connectivity index (χ2v) is 6.11. The molecule has 1 aromatic carbocycles. The van der Waals surface area contributed by atoms with Crippen molar-refractivity contribution in [1.29, 1.82) is 0 Å². The van der Waals surface area contributed by atoms with Crippen molar-refractivity contribution < 1.29 is 27.8 Å². The van der Waals surface area contributed by atoms with Crippen LogP contribution in [0.15, 0.2) is 18.2 Å². The Morgan fingerprint density at radius 1 is 1.32 bits per heavy atom. The third kappa shape index (κ3) is 4.78. The van der Waals surface area contributed by atoms with E-state index in [1.165, 1.54) is 12.1 Å². The molecule has 0 bridgehead atoms. The first kappa shape index (κ1) is 15.3. The average Bonchev–Trinajstić information content (AvgIpc) is 2.29. The molecule has 19 heavy (non-hydrogen) atoms. The zero-order valence-electron chi connectivity index (χ0n) is 10.8. The van der Waals surface area contributed by atoms with Gasteiger partial charge in [-0.1, -0.05) is 6.07 Å². The molecule has 7 heteroatoms. The Kier molecular flexibility index (Phi) is 5.17. The highest BCUT2D eigenvalue weighted by atomic mass is 32.2. The summed E-state index contributed by atoms with van der Waals surface area (Å²) in [6.45, 7) is 1.99. The van der Waals surface area contributed by atoms with Crippen LogP contribution in [0.2, 0.25) is 0 Å². The number of ether oxygens (including phenoxy) is 2. The number of aromatic carboxylic acids is 1. The average molecular weight is 288 g/mol. The number of benzene rings is 1. The lowest BCUT2D eigenvalue weighted by Gasteiger charge is -2.13. The van der Waals surface area contributed by atoms with Crippen LogP contribution in [-0.2, 0) is 9.84 Å². The monoisotopic (exact) mass is 288 g/mol. The SMILES string of the molecule is CCOc1cccc(C(=O)O)c1OCCS(C)(=O)=O. The molecule has 106 valence electrons. The lowest BCUT2D eigenvalue weighted by atomic mass is 10.2. The van der Waals surface area contributed by atoms with Crippen molar-refractivity contribution in [3.63, 3.8) is 0 Å². The van der Waals surface area contributed by atoms with Crippen LogP contribution in [0.4, 0.5) is 0 Å². The minimum Gasteiger partial charge on any atom is -0.490 e. The van der Waals surface area contributed by atoms with Gasteiger partial charge in [-0.15, -0.1) is 0 Å². The van der Waals surface area contributed by atoms with Crippen LogP contribution in [0.1, 0.15) is 17.3 Å². The Morgan fingerprint density at radius 2 is 2.00 bits per heavy atom. The van der Waals surface area contributed by atoms with E-state index in [1.54, 1.807) is 13.0 Å². The number of hydrogen-bond donors (Lipinski definition) is 1. The summed E-state index contributed by atoms with van der Waals surface area (Å²) in [5.74, 6) is -1.00. The van der Waals surface area contributed by atoms with E-state index in [9.17, 15) is 13.2 Å². The maximum atomic E-state index is 11.1. The molecule has 0 heterocycles. The van der Waals surface area contributed by atoms with E-state index >= 15 is 0 Å². The third-order valence-electron chi connectivity index (χ3n) is 2.21. The number of rotatable bonds is 7. The van der Waals surface area contributed by atoms with Gasteiger partial charge in [0.2, 0.25) is 0 Å². The van der Waals surface area contributed by atoms with Gasteiger partial charge in [0.15, 0.2) is 21.3 Å².